The summed E-state index contributed by atoms with van der Waals surface area (Å²) >= 11 is 0. The molecule has 10 nitrogen and oxygen atoms in total. The Morgan fingerprint density at radius 3 is 2.11 bits per heavy atom. The van der Waals surface area contributed by atoms with E-state index in [0.29, 0.717) is 17.3 Å². The summed E-state index contributed by atoms with van der Waals surface area (Å²) in [7, 11) is 0. The average Bonchev–Trinajstić information content (AvgIpc) is 3.46. The van der Waals surface area contributed by atoms with Crippen LogP contribution in [0.4, 0.5) is 17.5 Å². The van der Waals surface area contributed by atoms with Crippen molar-refractivity contribution in [3.8, 4) is 6.07 Å². The summed E-state index contributed by atoms with van der Waals surface area (Å²) in [6, 6.07) is 5.24. The van der Waals surface area contributed by atoms with Crippen LogP contribution in [0.3, 0.4) is 0 Å². The molecule has 136 valence electrons. The van der Waals surface area contributed by atoms with Crippen molar-refractivity contribution in [3.05, 3.63) is 67.4 Å². The largest absolute Gasteiger partial charge is 4.00 e. The van der Waals surface area contributed by atoms with Gasteiger partial charge in [0, 0.05) is 13.1 Å². The normalized spacial score (nSPS) is 15.2. The molecule has 2 aromatic heterocycles. The van der Waals surface area contributed by atoms with Crippen molar-refractivity contribution >= 4 is 17.5 Å². The van der Waals surface area contributed by atoms with Crippen molar-refractivity contribution < 1.29 is 21.1 Å². The van der Waals surface area contributed by atoms with Crippen LogP contribution in [-0.4, -0.2) is 33.1 Å². The van der Waals surface area contributed by atoms with Gasteiger partial charge in [-0.3, -0.25) is 5.10 Å². The zero-order valence-corrected chi connectivity index (χ0v) is 16.1. The van der Waals surface area contributed by atoms with Crippen molar-refractivity contribution in [2.45, 2.75) is 0 Å². The Hall–Kier alpha value is -3.23. The summed E-state index contributed by atoms with van der Waals surface area (Å²) in [4.78, 5) is 10.9. The Morgan fingerprint density at radius 1 is 1.00 bits per heavy atom. The second kappa shape index (κ2) is 7.98. The molecule has 2 aliphatic heterocycles. The Bertz CT molecular complexity index is 853. The topological polar surface area (TPSA) is 95.1 Å². The maximum Gasteiger partial charge on any atom is 4.00 e. The number of aromatic nitrogens is 4. The average molecular weight is 539 g/mol. The van der Waals surface area contributed by atoms with Gasteiger partial charge in [0.15, 0.2) is 0 Å². The molecule has 0 saturated heterocycles. The van der Waals surface area contributed by atoms with Crippen LogP contribution in [0.15, 0.2) is 36.9 Å². The first-order chi connectivity index (χ1) is 12.7. The molecule has 0 unspecified atom stereocenters. The quantitative estimate of drug-likeness (QED) is 0.515. The molecular formula is C16H12N10Pt. The molecule has 0 saturated carbocycles. The van der Waals surface area contributed by atoms with Gasteiger partial charge in [0.1, 0.15) is 11.8 Å². The second-order valence-corrected chi connectivity index (χ2v) is 5.49. The van der Waals surface area contributed by atoms with Crippen LogP contribution in [0.25, 0.3) is 4.85 Å². The first-order valence-electron chi connectivity index (χ1n) is 7.68. The van der Waals surface area contributed by atoms with Crippen LogP contribution in [-0.2, 0) is 21.1 Å². The van der Waals surface area contributed by atoms with Gasteiger partial charge in [0.05, 0.1) is 0 Å². The fourth-order valence-electron chi connectivity index (χ4n) is 2.48. The third-order valence-corrected chi connectivity index (χ3v) is 3.80. The smallest absolute Gasteiger partial charge is 0.581 e. The van der Waals surface area contributed by atoms with E-state index in [0.717, 1.165) is 13.1 Å². The fraction of sp³-hybridized carbons (Fsp3) is 0.125. The molecule has 4 rings (SSSR count). The Balaban J connectivity index is 0.00000210. The van der Waals surface area contributed by atoms with Crippen LogP contribution in [0.5, 0.6) is 0 Å². The van der Waals surface area contributed by atoms with E-state index >= 15 is 0 Å². The molecule has 0 spiro atoms. The van der Waals surface area contributed by atoms with E-state index in [-0.39, 0.29) is 26.9 Å². The van der Waals surface area contributed by atoms with Crippen LogP contribution in [0.2, 0.25) is 0 Å². The third kappa shape index (κ3) is 3.96. The van der Waals surface area contributed by atoms with E-state index in [2.05, 4.69) is 25.2 Å². The van der Waals surface area contributed by atoms with Gasteiger partial charge in [0.25, 0.3) is 5.82 Å². The summed E-state index contributed by atoms with van der Waals surface area (Å²) in [6.45, 7) is 12.2. The fourth-order valence-corrected chi connectivity index (χ4v) is 2.48. The third-order valence-electron chi connectivity index (χ3n) is 3.80. The summed E-state index contributed by atoms with van der Waals surface area (Å²) in [6.07, 6.45) is 7.61. The molecule has 0 amide bonds. The Morgan fingerprint density at radius 2 is 1.59 bits per heavy atom. The van der Waals surface area contributed by atoms with Crippen LogP contribution >= 0.6 is 0 Å². The van der Waals surface area contributed by atoms with Gasteiger partial charge in [0.2, 0.25) is 0 Å². The molecule has 11 heteroatoms. The maximum atomic E-state index is 8.82. The van der Waals surface area contributed by atoms with E-state index < -0.39 is 0 Å². The first-order valence-corrected chi connectivity index (χ1v) is 7.68. The molecule has 0 aliphatic carbocycles. The Kier molecular flexibility index (Phi) is 5.48. The van der Waals surface area contributed by atoms with Gasteiger partial charge in [-0.2, -0.15) is 5.26 Å². The number of nitriles is 1. The minimum atomic E-state index is 0. The van der Waals surface area contributed by atoms with Gasteiger partial charge >= 0.3 is 21.1 Å². The molecule has 0 radical (unpaired) electrons. The second-order valence-electron chi connectivity index (χ2n) is 5.49. The molecule has 0 fully saturated rings. The van der Waals surface area contributed by atoms with Crippen molar-refractivity contribution in [1.29, 1.82) is 5.26 Å². The van der Waals surface area contributed by atoms with Crippen molar-refractivity contribution in [3.63, 3.8) is 0 Å². The van der Waals surface area contributed by atoms with Gasteiger partial charge in [-0.15, -0.1) is 5.10 Å². The molecule has 0 aromatic carbocycles. The van der Waals surface area contributed by atoms with E-state index in [1.54, 1.807) is 12.1 Å². The molecule has 2 aromatic rings. The maximum absolute atomic E-state index is 8.82. The van der Waals surface area contributed by atoms with Crippen molar-refractivity contribution in [2.75, 3.05) is 22.9 Å². The van der Waals surface area contributed by atoms with Crippen molar-refractivity contribution in [1.82, 2.24) is 30.2 Å². The molecule has 0 atom stereocenters. The minimum absolute atomic E-state index is 0. The standard InChI is InChI=1S/C16H12N10.Pt/c1-18-14-9-16(22-20-14)26-7-5-24(12-26)3-2-23-4-6-25(11-23)15-8-13(10-17)19-21-15;/h4-9,11-12H,2-3H2;/q-4;+4. The summed E-state index contributed by atoms with van der Waals surface area (Å²) in [5.41, 5.74) is 0.300. The molecule has 4 heterocycles. The van der Waals surface area contributed by atoms with Crippen molar-refractivity contribution in [2.24, 2.45) is 0 Å². The number of rotatable bonds is 5. The predicted molar refractivity (Wildman–Crippen MR) is 91.3 cm³/mol. The van der Waals surface area contributed by atoms with Crippen LogP contribution in [0.1, 0.15) is 5.69 Å². The minimum Gasteiger partial charge on any atom is -0.581 e. The van der Waals surface area contributed by atoms with Gasteiger partial charge < -0.3 is 29.5 Å². The summed E-state index contributed by atoms with van der Waals surface area (Å²) in [5, 5.41) is 24.3. The SMILES string of the molecule is [C-]#[N+]c1cc(N2C=CN(CCN3C=CN(c4cc(C#N)n[n-]4)[CH-]3)[CH-]2)[n-]n1.[Pt+4]. The molecule has 0 bridgehead atoms. The van der Waals surface area contributed by atoms with E-state index in [9.17, 15) is 0 Å². The molecule has 0 N–H and O–H groups in total. The van der Waals surface area contributed by atoms with E-state index in [1.807, 2.05) is 63.8 Å². The predicted octanol–water partition coefficient (Wildman–Crippen LogP) is 0.936. The zero-order chi connectivity index (χ0) is 17.9. The monoisotopic (exact) mass is 539 g/mol. The van der Waals surface area contributed by atoms with Gasteiger partial charge in [-0.25, -0.2) is 18.4 Å². The Labute approximate surface area is 170 Å². The molecule has 27 heavy (non-hydrogen) atoms. The zero-order valence-electron chi connectivity index (χ0n) is 13.8. The van der Waals surface area contributed by atoms with Crippen LogP contribution < -0.4 is 20.0 Å². The van der Waals surface area contributed by atoms with E-state index in [1.165, 1.54) is 0 Å². The van der Waals surface area contributed by atoms with E-state index in [4.69, 9.17) is 11.8 Å². The molecular weight excluding hydrogens is 527 g/mol. The van der Waals surface area contributed by atoms with Crippen LogP contribution in [0, 0.1) is 31.2 Å². The van der Waals surface area contributed by atoms with Gasteiger partial charge in [-0.05, 0) is 24.5 Å². The number of hydrogen-bond donors (Lipinski definition) is 0. The summed E-state index contributed by atoms with van der Waals surface area (Å²) < 4.78 is 0. The molecule has 2 aliphatic rings. The van der Waals surface area contributed by atoms with Gasteiger partial charge in [-0.1, -0.05) is 30.6 Å². The number of nitrogens with zero attached hydrogens (tertiary/aromatic N) is 10. The first kappa shape index (κ1) is 18.6. The number of anilines is 2. The number of hydrogen-bond acceptors (Lipinski definition) is 7. The summed E-state index contributed by atoms with van der Waals surface area (Å²) in [5.74, 6) is 1.52.